The lowest BCUT2D eigenvalue weighted by atomic mass is 9.88. The quantitative estimate of drug-likeness (QED) is 0.0641. The Kier molecular flexibility index (Phi) is 18.9. The zero-order valence-corrected chi connectivity index (χ0v) is 29.0. The van der Waals surface area contributed by atoms with Crippen molar-refractivity contribution in [3.05, 3.63) is 90.0 Å². The average molecular weight is 600 g/mol. The van der Waals surface area contributed by atoms with Crippen molar-refractivity contribution in [2.75, 3.05) is 0 Å². The van der Waals surface area contributed by atoms with E-state index in [4.69, 9.17) is 0 Å². The summed E-state index contributed by atoms with van der Waals surface area (Å²) in [6.45, 7) is 8.19. The summed E-state index contributed by atoms with van der Waals surface area (Å²) in [6.07, 6.45) is 33.5. The SMILES string of the molecule is CCCCCCCCCCCCCCCCCC[n+]1ccn(C(C)CCC)c1CCC(Cc1ccccc1)c1ccccc1. The van der Waals surface area contributed by atoms with Crippen LogP contribution in [-0.4, -0.2) is 4.57 Å². The molecule has 1 heterocycles. The Balaban J connectivity index is 1.41. The maximum atomic E-state index is 2.60. The fourth-order valence-electron chi connectivity index (χ4n) is 7.05. The molecule has 0 N–H and O–H groups in total. The molecule has 0 saturated carbocycles. The van der Waals surface area contributed by atoms with Crippen LogP contribution < -0.4 is 4.57 Å². The normalized spacial score (nSPS) is 12.9. The van der Waals surface area contributed by atoms with Crippen molar-refractivity contribution in [2.24, 2.45) is 0 Å². The van der Waals surface area contributed by atoms with Crippen molar-refractivity contribution in [3.63, 3.8) is 0 Å². The van der Waals surface area contributed by atoms with Gasteiger partial charge in [-0.15, -0.1) is 0 Å². The van der Waals surface area contributed by atoms with Crippen molar-refractivity contribution in [1.82, 2.24) is 4.57 Å². The third-order valence-corrected chi connectivity index (χ3v) is 9.78. The van der Waals surface area contributed by atoms with Crippen molar-refractivity contribution in [3.8, 4) is 0 Å². The second kappa shape index (κ2) is 23.1. The molecular weight excluding hydrogens is 532 g/mol. The van der Waals surface area contributed by atoms with Crippen LogP contribution in [0.3, 0.4) is 0 Å². The van der Waals surface area contributed by atoms with Gasteiger partial charge >= 0.3 is 0 Å². The fraction of sp³-hybridized carbons (Fsp3) is 0.643. The molecule has 244 valence electrons. The monoisotopic (exact) mass is 600 g/mol. The van der Waals surface area contributed by atoms with E-state index in [1.165, 1.54) is 139 Å². The van der Waals surface area contributed by atoms with Gasteiger partial charge in [0.05, 0.1) is 12.6 Å². The molecule has 0 radical (unpaired) electrons. The van der Waals surface area contributed by atoms with Gasteiger partial charge in [0.15, 0.2) is 0 Å². The summed E-state index contributed by atoms with van der Waals surface area (Å²) in [6, 6.07) is 22.9. The average Bonchev–Trinajstić information content (AvgIpc) is 3.46. The first-order chi connectivity index (χ1) is 21.7. The Morgan fingerprint density at radius 3 is 1.66 bits per heavy atom. The molecule has 2 unspecified atom stereocenters. The van der Waals surface area contributed by atoms with Crippen molar-refractivity contribution in [1.29, 1.82) is 0 Å². The predicted octanol–water partition coefficient (Wildman–Crippen LogP) is 12.4. The van der Waals surface area contributed by atoms with E-state index >= 15 is 0 Å². The van der Waals surface area contributed by atoms with Gasteiger partial charge in [0.25, 0.3) is 5.82 Å². The minimum atomic E-state index is 0.535. The molecule has 2 nitrogen and oxygen atoms in total. The van der Waals surface area contributed by atoms with Gasteiger partial charge in [-0.3, -0.25) is 0 Å². The molecule has 3 rings (SSSR count). The Labute approximate surface area is 272 Å². The van der Waals surface area contributed by atoms with Crippen LogP contribution in [0.1, 0.15) is 172 Å². The molecule has 2 aromatic carbocycles. The molecule has 0 saturated heterocycles. The number of benzene rings is 2. The Morgan fingerprint density at radius 2 is 1.11 bits per heavy atom. The van der Waals surface area contributed by atoms with Crippen molar-refractivity contribution in [2.45, 2.75) is 174 Å². The molecule has 2 heteroatoms. The molecule has 1 aromatic heterocycles. The summed E-state index contributed by atoms with van der Waals surface area (Å²) in [5.41, 5.74) is 2.91. The lowest BCUT2D eigenvalue weighted by Crippen LogP contribution is -2.38. The van der Waals surface area contributed by atoms with Crippen LogP contribution in [0.4, 0.5) is 0 Å². The van der Waals surface area contributed by atoms with Gasteiger partial charge in [0.1, 0.15) is 12.4 Å². The number of rotatable bonds is 26. The van der Waals surface area contributed by atoms with Crippen LogP contribution in [-0.2, 0) is 19.4 Å². The number of hydrogen-bond donors (Lipinski definition) is 0. The van der Waals surface area contributed by atoms with Crippen molar-refractivity contribution < 1.29 is 4.57 Å². The standard InChI is InChI=1S/C42H67N2/c1-4-6-7-8-9-10-11-12-13-14-15-16-17-18-19-26-34-43-35-36-44(38(3)27-5-2)42(43)33-32-41(40-30-24-21-25-31-40)37-39-28-22-20-23-29-39/h20-25,28-31,35-36,38,41H,4-19,26-27,32-34,37H2,1-3H3/q+1. The van der Waals surface area contributed by atoms with Gasteiger partial charge in [-0.2, -0.15) is 0 Å². The van der Waals surface area contributed by atoms with E-state index in [2.05, 4.69) is 103 Å². The maximum Gasteiger partial charge on any atom is 0.256 e. The number of aryl methyl sites for hydroxylation is 1. The van der Waals surface area contributed by atoms with Gasteiger partial charge in [-0.05, 0) is 56.1 Å². The van der Waals surface area contributed by atoms with E-state index in [-0.39, 0.29) is 0 Å². The van der Waals surface area contributed by atoms with E-state index < -0.39 is 0 Å². The van der Waals surface area contributed by atoms with Crippen molar-refractivity contribution >= 4 is 0 Å². The van der Waals surface area contributed by atoms with Crippen LogP contribution in [0.25, 0.3) is 0 Å². The van der Waals surface area contributed by atoms with E-state index in [0.29, 0.717) is 12.0 Å². The molecule has 0 spiro atoms. The molecule has 0 aliphatic carbocycles. The number of unbranched alkanes of at least 4 members (excludes halogenated alkanes) is 15. The summed E-state index contributed by atoms with van der Waals surface area (Å²) in [4.78, 5) is 0. The summed E-state index contributed by atoms with van der Waals surface area (Å²) < 4.78 is 5.20. The number of aromatic nitrogens is 2. The second-order valence-corrected chi connectivity index (χ2v) is 13.6. The molecule has 0 aliphatic heterocycles. The summed E-state index contributed by atoms with van der Waals surface area (Å²) >= 11 is 0. The summed E-state index contributed by atoms with van der Waals surface area (Å²) in [7, 11) is 0. The van der Waals surface area contributed by atoms with Gasteiger partial charge in [0.2, 0.25) is 0 Å². The van der Waals surface area contributed by atoms with Gasteiger partial charge in [-0.1, -0.05) is 171 Å². The van der Waals surface area contributed by atoms with Crippen LogP contribution in [0.15, 0.2) is 73.1 Å². The molecule has 44 heavy (non-hydrogen) atoms. The van der Waals surface area contributed by atoms with E-state index in [9.17, 15) is 0 Å². The number of nitrogens with zero attached hydrogens (tertiary/aromatic N) is 2. The molecule has 0 aliphatic rings. The van der Waals surface area contributed by atoms with Gasteiger partial charge < -0.3 is 0 Å². The molecule has 3 aromatic rings. The second-order valence-electron chi connectivity index (χ2n) is 13.6. The number of hydrogen-bond acceptors (Lipinski definition) is 0. The summed E-state index contributed by atoms with van der Waals surface area (Å²) in [5.74, 6) is 2.06. The van der Waals surface area contributed by atoms with Gasteiger partial charge in [-0.25, -0.2) is 9.13 Å². The van der Waals surface area contributed by atoms with Crippen LogP contribution in [0.2, 0.25) is 0 Å². The smallest absolute Gasteiger partial charge is 0.234 e. The highest BCUT2D eigenvalue weighted by Crippen LogP contribution is 2.27. The summed E-state index contributed by atoms with van der Waals surface area (Å²) in [5, 5.41) is 0. The molecule has 0 bridgehead atoms. The topological polar surface area (TPSA) is 8.81 Å². The zero-order valence-electron chi connectivity index (χ0n) is 29.0. The third kappa shape index (κ3) is 14.2. The Hall–Kier alpha value is -2.35. The van der Waals surface area contributed by atoms with Crippen LogP contribution in [0.5, 0.6) is 0 Å². The van der Waals surface area contributed by atoms with E-state index in [0.717, 1.165) is 19.4 Å². The molecule has 0 fully saturated rings. The maximum absolute atomic E-state index is 2.60. The molecular formula is C42H67N2+. The minimum absolute atomic E-state index is 0.535. The highest BCUT2D eigenvalue weighted by Gasteiger charge is 2.23. The lowest BCUT2D eigenvalue weighted by Gasteiger charge is -2.18. The van der Waals surface area contributed by atoms with E-state index in [1.54, 1.807) is 0 Å². The molecule has 2 atom stereocenters. The molecule has 0 amide bonds. The van der Waals surface area contributed by atoms with E-state index in [1.807, 2.05) is 0 Å². The fourth-order valence-corrected chi connectivity index (χ4v) is 7.05. The largest absolute Gasteiger partial charge is 0.256 e. The Morgan fingerprint density at radius 1 is 0.591 bits per heavy atom. The lowest BCUT2D eigenvalue weighted by molar-refractivity contribution is -0.704. The minimum Gasteiger partial charge on any atom is -0.234 e. The Bertz CT molecular complexity index is 1070. The zero-order chi connectivity index (χ0) is 31.1. The highest BCUT2D eigenvalue weighted by atomic mass is 15.2. The predicted molar refractivity (Wildman–Crippen MR) is 191 cm³/mol. The van der Waals surface area contributed by atoms with Gasteiger partial charge in [0, 0.05) is 6.42 Å². The first-order valence-corrected chi connectivity index (χ1v) is 18.9. The highest BCUT2D eigenvalue weighted by molar-refractivity contribution is 5.24. The first kappa shape index (κ1) is 36.1. The third-order valence-electron chi connectivity index (χ3n) is 9.78. The van der Waals surface area contributed by atoms with Crippen LogP contribution >= 0.6 is 0 Å². The van der Waals surface area contributed by atoms with Crippen LogP contribution in [0, 0.1) is 0 Å². The first-order valence-electron chi connectivity index (χ1n) is 18.9. The number of imidazole rings is 1.